The summed E-state index contributed by atoms with van der Waals surface area (Å²) in [6.45, 7) is 5.75. The van der Waals surface area contributed by atoms with E-state index in [1.54, 1.807) is 13.8 Å². The summed E-state index contributed by atoms with van der Waals surface area (Å²) >= 11 is 0. The second kappa shape index (κ2) is 7.73. The van der Waals surface area contributed by atoms with Crippen LogP contribution in [-0.2, 0) is 20.0 Å². The molecule has 1 heterocycles. The SMILES string of the molecule is CCOP(=O)(OCC)[n+]1oc(O)c[n+]1C(C)Cc1ccccc1. The van der Waals surface area contributed by atoms with Gasteiger partial charge in [-0.25, -0.2) is 9.05 Å². The van der Waals surface area contributed by atoms with E-state index in [9.17, 15) is 9.67 Å². The fraction of sp³-hybridized carbons (Fsp3) is 0.467. The molecular weight excluding hydrogens is 319 g/mol. The highest BCUT2D eigenvalue weighted by atomic mass is 31.2. The lowest BCUT2D eigenvalue weighted by atomic mass is 10.1. The number of hydrogen-bond donors (Lipinski definition) is 1. The van der Waals surface area contributed by atoms with Gasteiger partial charge in [0.25, 0.3) is 0 Å². The normalized spacial score (nSPS) is 13.2. The summed E-state index contributed by atoms with van der Waals surface area (Å²) in [7, 11) is -3.69. The minimum atomic E-state index is -3.69. The van der Waals surface area contributed by atoms with Gasteiger partial charge in [-0.1, -0.05) is 30.3 Å². The molecule has 0 aliphatic heterocycles. The minimum Gasteiger partial charge on any atom is -0.472 e. The van der Waals surface area contributed by atoms with Crippen LogP contribution in [0.1, 0.15) is 32.4 Å². The molecule has 1 N–H and O–H groups in total. The molecular formula is C15H23N2O5P+2. The maximum atomic E-state index is 12.9. The first-order chi connectivity index (χ1) is 11.0. The van der Waals surface area contributed by atoms with Crippen LogP contribution < -0.4 is 9.31 Å². The largest absolute Gasteiger partial charge is 0.722 e. The molecule has 0 saturated heterocycles. The second-order valence-electron chi connectivity index (χ2n) is 5.03. The first kappa shape index (κ1) is 17.7. The Kier molecular flexibility index (Phi) is 5.93. The number of hydrogen-bond acceptors (Lipinski definition) is 5. The van der Waals surface area contributed by atoms with E-state index in [0.717, 1.165) is 10.2 Å². The van der Waals surface area contributed by atoms with Crippen LogP contribution in [0.2, 0.25) is 0 Å². The van der Waals surface area contributed by atoms with E-state index in [1.807, 2.05) is 37.3 Å². The zero-order valence-corrected chi connectivity index (χ0v) is 14.5. The van der Waals surface area contributed by atoms with Gasteiger partial charge in [-0.15, -0.1) is 4.52 Å². The van der Waals surface area contributed by atoms with Crippen LogP contribution in [0.4, 0.5) is 0 Å². The maximum absolute atomic E-state index is 12.9. The number of aromatic hydroxyl groups is 1. The van der Waals surface area contributed by atoms with Crippen molar-refractivity contribution in [2.45, 2.75) is 33.2 Å². The highest BCUT2D eigenvalue weighted by Gasteiger charge is 2.54. The van der Waals surface area contributed by atoms with E-state index in [2.05, 4.69) is 0 Å². The van der Waals surface area contributed by atoms with E-state index in [4.69, 9.17) is 13.6 Å². The summed E-state index contributed by atoms with van der Waals surface area (Å²) in [5.41, 5.74) is 1.11. The predicted molar refractivity (Wildman–Crippen MR) is 81.9 cm³/mol. The van der Waals surface area contributed by atoms with Crippen molar-refractivity contribution in [3.63, 3.8) is 0 Å². The molecule has 0 bridgehead atoms. The highest BCUT2D eigenvalue weighted by molar-refractivity contribution is 7.46. The molecule has 7 nitrogen and oxygen atoms in total. The van der Waals surface area contributed by atoms with Gasteiger partial charge in [-0.05, 0) is 19.4 Å². The van der Waals surface area contributed by atoms with Crippen molar-refractivity contribution in [2.24, 2.45) is 0 Å². The van der Waals surface area contributed by atoms with Crippen molar-refractivity contribution in [1.29, 1.82) is 0 Å². The number of benzene rings is 1. The lowest BCUT2D eigenvalue weighted by Crippen LogP contribution is -2.64. The van der Waals surface area contributed by atoms with Crippen LogP contribution in [0.3, 0.4) is 0 Å². The molecule has 0 amide bonds. The van der Waals surface area contributed by atoms with Crippen LogP contribution in [0, 0.1) is 0 Å². The van der Waals surface area contributed by atoms with Crippen molar-refractivity contribution in [1.82, 2.24) is 0 Å². The van der Waals surface area contributed by atoms with Crippen molar-refractivity contribution < 1.29 is 32.5 Å². The van der Waals surface area contributed by atoms with Gasteiger partial charge in [0.15, 0.2) is 0 Å². The van der Waals surface area contributed by atoms with Crippen molar-refractivity contribution in [2.75, 3.05) is 13.2 Å². The Morgan fingerprint density at radius 3 is 2.39 bits per heavy atom. The Balaban J connectivity index is 2.34. The zero-order valence-electron chi connectivity index (χ0n) is 13.6. The molecule has 0 saturated carbocycles. The van der Waals surface area contributed by atoms with Gasteiger partial charge in [0.2, 0.25) is 6.04 Å². The molecule has 0 radical (unpaired) electrons. The minimum absolute atomic E-state index is 0.128. The van der Waals surface area contributed by atoms with Gasteiger partial charge in [0, 0.05) is 13.3 Å². The molecule has 0 spiro atoms. The van der Waals surface area contributed by atoms with Crippen LogP contribution >= 0.6 is 7.75 Å². The standard InChI is InChI=1S/C15H22N2O5P/c1-4-20-23(19,21-5-2)17-16(12-15(18)22-17)13(3)11-14-9-7-6-8-10-14/h6-10,12-13H,4-5,11H2,1-3H3/q+1/p+1. The predicted octanol–water partition coefficient (Wildman–Crippen LogP) is 2.39. The molecule has 1 atom stereocenters. The van der Waals surface area contributed by atoms with E-state index >= 15 is 0 Å². The Bertz CT molecular complexity index is 664. The first-order valence-electron chi connectivity index (χ1n) is 7.60. The lowest BCUT2D eigenvalue weighted by Gasteiger charge is -2.05. The molecule has 0 aliphatic carbocycles. The Labute approximate surface area is 135 Å². The smallest absolute Gasteiger partial charge is 0.472 e. The summed E-state index contributed by atoms with van der Waals surface area (Å²) in [5.74, 6) is -0.357. The molecule has 23 heavy (non-hydrogen) atoms. The van der Waals surface area contributed by atoms with Gasteiger partial charge >= 0.3 is 24.5 Å². The monoisotopic (exact) mass is 342 g/mol. The topological polar surface area (TPSA) is 76.7 Å². The molecule has 1 aromatic heterocycles. The highest BCUT2D eigenvalue weighted by Crippen LogP contribution is 2.42. The Hall–Kier alpha value is -1.69. The number of rotatable bonds is 8. The van der Waals surface area contributed by atoms with Gasteiger partial charge in [-0.2, -0.15) is 4.57 Å². The van der Waals surface area contributed by atoms with Crippen LogP contribution in [0.25, 0.3) is 0 Å². The fourth-order valence-corrected chi connectivity index (χ4v) is 3.89. The number of aromatic nitrogens is 2. The molecule has 2 aromatic rings. The van der Waals surface area contributed by atoms with Crippen molar-refractivity contribution in [3.8, 4) is 5.95 Å². The molecule has 2 rings (SSSR count). The van der Waals surface area contributed by atoms with E-state index in [1.165, 1.54) is 10.9 Å². The third-order valence-electron chi connectivity index (χ3n) is 3.24. The Morgan fingerprint density at radius 2 is 1.83 bits per heavy atom. The van der Waals surface area contributed by atoms with Gasteiger partial charge in [0.1, 0.15) is 0 Å². The summed E-state index contributed by atoms with van der Waals surface area (Å²) in [6.07, 6.45) is 2.04. The molecule has 8 heteroatoms. The molecule has 126 valence electrons. The quantitative estimate of drug-likeness (QED) is 0.589. The van der Waals surface area contributed by atoms with E-state index < -0.39 is 7.75 Å². The molecule has 0 fully saturated rings. The summed E-state index contributed by atoms with van der Waals surface area (Å²) in [5, 5.41) is 9.71. The second-order valence-corrected chi connectivity index (χ2v) is 6.83. The third-order valence-corrected chi connectivity index (χ3v) is 5.11. The summed E-state index contributed by atoms with van der Waals surface area (Å²) < 4.78 is 31.2. The lowest BCUT2D eigenvalue weighted by molar-refractivity contribution is -1.26. The molecule has 1 unspecified atom stereocenters. The number of nitrogens with zero attached hydrogens (tertiary/aromatic N) is 2. The summed E-state index contributed by atoms with van der Waals surface area (Å²) in [4.78, 5) is 0. The van der Waals surface area contributed by atoms with Crippen molar-refractivity contribution >= 4 is 7.75 Å². The van der Waals surface area contributed by atoms with Crippen LogP contribution in [0.5, 0.6) is 5.95 Å². The Morgan fingerprint density at radius 1 is 1.22 bits per heavy atom. The van der Waals surface area contributed by atoms with Gasteiger partial charge < -0.3 is 5.11 Å². The van der Waals surface area contributed by atoms with E-state index in [-0.39, 0.29) is 25.2 Å². The first-order valence-corrected chi connectivity index (χ1v) is 9.10. The van der Waals surface area contributed by atoms with Gasteiger partial charge in [-0.3, -0.25) is 0 Å². The van der Waals surface area contributed by atoms with Crippen LogP contribution in [-0.4, -0.2) is 18.3 Å². The van der Waals surface area contributed by atoms with E-state index in [0.29, 0.717) is 6.42 Å². The van der Waals surface area contributed by atoms with Gasteiger partial charge in [0.05, 0.1) is 17.9 Å². The van der Waals surface area contributed by atoms with Crippen molar-refractivity contribution in [3.05, 3.63) is 42.1 Å². The average molecular weight is 342 g/mol. The molecule has 1 aromatic carbocycles. The average Bonchev–Trinajstić information content (AvgIpc) is 2.92. The van der Waals surface area contributed by atoms with Crippen LogP contribution in [0.15, 0.2) is 41.1 Å². The fourth-order valence-electron chi connectivity index (χ4n) is 2.30. The third kappa shape index (κ3) is 4.19. The molecule has 0 aliphatic rings. The summed E-state index contributed by atoms with van der Waals surface area (Å²) in [6, 6.07) is 9.75. The maximum Gasteiger partial charge on any atom is 0.722 e. The zero-order chi connectivity index (χ0) is 16.9.